The Kier molecular flexibility index (Phi) is 1.72. The summed E-state index contributed by atoms with van der Waals surface area (Å²) in [6.45, 7) is 0. The van der Waals surface area contributed by atoms with Crippen molar-refractivity contribution < 1.29 is 0 Å². The minimum absolute atomic E-state index is 0.587. The summed E-state index contributed by atoms with van der Waals surface area (Å²) < 4.78 is 2.46. The molecule has 0 aliphatic heterocycles. The van der Waals surface area contributed by atoms with E-state index in [1.165, 1.54) is 0 Å². The van der Waals surface area contributed by atoms with Crippen molar-refractivity contribution >= 4 is 39.8 Å². The van der Waals surface area contributed by atoms with E-state index in [9.17, 15) is 0 Å². The van der Waals surface area contributed by atoms with Gasteiger partial charge < -0.3 is 0 Å². The lowest BCUT2D eigenvalue weighted by Crippen LogP contribution is -1.92. The zero-order valence-electron chi connectivity index (χ0n) is 5.33. The first-order valence-corrected chi connectivity index (χ1v) is 4.39. The molecule has 0 fully saturated rings. The number of nitrogens with zero attached hydrogens (tertiary/aromatic N) is 3. The summed E-state index contributed by atoms with van der Waals surface area (Å²) in [6.07, 6.45) is 1.67. The fourth-order valence-corrected chi connectivity index (χ4v) is 1.81. The Morgan fingerprint density at radius 1 is 1.55 bits per heavy atom. The molecule has 0 unspecified atom stereocenters. The topological polar surface area (TPSA) is 30.2 Å². The highest BCUT2D eigenvalue weighted by atomic mass is 127. The van der Waals surface area contributed by atoms with Crippen molar-refractivity contribution in [1.29, 1.82) is 0 Å². The zero-order valence-corrected chi connectivity index (χ0v) is 8.24. The molecule has 2 rings (SSSR count). The van der Waals surface area contributed by atoms with Gasteiger partial charge >= 0.3 is 0 Å². The molecule has 0 amide bonds. The lowest BCUT2D eigenvalue weighted by Gasteiger charge is -1.95. The fraction of sp³-hybridized carbons (Fsp3) is 0. The second-order valence-corrected chi connectivity index (χ2v) is 3.50. The molecular weight excluding hydrogens is 276 g/mol. The van der Waals surface area contributed by atoms with Crippen molar-refractivity contribution in [3.8, 4) is 0 Å². The standard InChI is InChI=1S/C6H3ClIN3/c7-4-3-5(8)10-6-1-2-9-11(4)6/h1-3H. The Bertz CT molecular complexity index is 398. The zero-order chi connectivity index (χ0) is 7.84. The smallest absolute Gasteiger partial charge is 0.157 e. The predicted octanol–water partition coefficient (Wildman–Crippen LogP) is 1.99. The van der Waals surface area contributed by atoms with Gasteiger partial charge in [-0.3, -0.25) is 0 Å². The molecule has 5 heteroatoms. The Labute approximate surface area is 81.5 Å². The van der Waals surface area contributed by atoms with Crippen LogP contribution in [0.4, 0.5) is 0 Å². The molecule has 0 spiro atoms. The Balaban J connectivity index is 2.91. The summed E-state index contributed by atoms with van der Waals surface area (Å²) in [4.78, 5) is 4.20. The van der Waals surface area contributed by atoms with Crippen LogP contribution in [0, 0.1) is 3.70 Å². The van der Waals surface area contributed by atoms with E-state index in [0.29, 0.717) is 5.15 Å². The van der Waals surface area contributed by atoms with Crippen LogP contribution in [0.25, 0.3) is 5.65 Å². The van der Waals surface area contributed by atoms with Crippen LogP contribution < -0.4 is 0 Å². The van der Waals surface area contributed by atoms with Crippen LogP contribution >= 0.6 is 34.2 Å². The summed E-state index contributed by atoms with van der Waals surface area (Å²) in [5.41, 5.74) is 0.780. The summed E-state index contributed by atoms with van der Waals surface area (Å²) in [7, 11) is 0. The van der Waals surface area contributed by atoms with E-state index < -0.39 is 0 Å². The quantitative estimate of drug-likeness (QED) is 0.545. The van der Waals surface area contributed by atoms with Gasteiger partial charge in [-0.1, -0.05) is 11.6 Å². The minimum Gasteiger partial charge on any atom is -0.222 e. The number of hydrogen-bond donors (Lipinski definition) is 0. The number of halogens is 2. The van der Waals surface area contributed by atoms with Crippen LogP contribution in [0.2, 0.25) is 5.15 Å². The van der Waals surface area contributed by atoms with Crippen molar-refractivity contribution in [2.24, 2.45) is 0 Å². The SMILES string of the molecule is Clc1cc(I)nc2ccnn12. The number of rotatable bonds is 0. The number of aromatic nitrogens is 3. The molecule has 0 saturated heterocycles. The molecule has 0 atom stereocenters. The predicted molar refractivity (Wildman–Crippen MR) is 50.7 cm³/mol. The average molecular weight is 279 g/mol. The van der Waals surface area contributed by atoms with Crippen LogP contribution in [-0.4, -0.2) is 14.6 Å². The van der Waals surface area contributed by atoms with Gasteiger partial charge in [0, 0.05) is 12.1 Å². The molecule has 0 N–H and O–H groups in total. The van der Waals surface area contributed by atoms with Crippen LogP contribution in [0.5, 0.6) is 0 Å². The van der Waals surface area contributed by atoms with Crippen LogP contribution in [0.15, 0.2) is 18.3 Å². The third kappa shape index (κ3) is 1.20. The van der Waals surface area contributed by atoms with Crippen LogP contribution in [0.1, 0.15) is 0 Å². The first-order chi connectivity index (χ1) is 5.27. The summed E-state index contributed by atoms with van der Waals surface area (Å²) >= 11 is 7.97. The highest BCUT2D eigenvalue weighted by Gasteiger charge is 2.00. The second kappa shape index (κ2) is 2.60. The van der Waals surface area contributed by atoms with Crippen molar-refractivity contribution in [2.45, 2.75) is 0 Å². The van der Waals surface area contributed by atoms with Crippen molar-refractivity contribution in [2.75, 3.05) is 0 Å². The summed E-state index contributed by atoms with van der Waals surface area (Å²) in [5.74, 6) is 0. The maximum atomic E-state index is 5.86. The molecular formula is C6H3ClIN3. The molecule has 0 saturated carbocycles. The largest absolute Gasteiger partial charge is 0.222 e. The van der Waals surface area contributed by atoms with Crippen molar-refractivity contribution in [3.63, 3.8) is 0 Å². The maximum Gasteiger partial charge on any atom is 0.157 e. The number of hydrogen-bond acceptors (Lipinski definition) is 2. The normalized spacial score (nSPS) is 10.7. The van der Waals surface area contributed by atoms with E-state index >= 15 is 0 Å². The minimum atomic E-state index is 0.587. The molecule has 0 radical (unpaired) electrons. The van der Waals surface area contributed by atoms with Crippen molar-refractivity contribution in [1.82, 2.24) is 14.6 Å². The van der Waals surface area contributed by atoms with E-state index in [0.717, 1.165) is 9.35 Å². The summed E-state index contributed by atoms with van der Waals surface area (Å²) in [6, 6.07) is 3.58. The van der Waals surface area contributed by atoms with Crippen LogP contribution in [0.3, 0.4) is 0 Å². The van der Waals surface area contributed by atoms with E-state index in [2.05, 4.69) is 32.7 Å². The van der Waals surface area contributed by atoms with Crippen molar-refractivity contribution in [3.05, 3.63) is 27.2 Å². The average Bonchev–Trinajstić information content (AvgIpc) is 2.34. The molecule has 0 bridgehead atoms. The molecule has 11 heavy (non-hydrogen) atoms. The molecule has 0 aromatic carbocycles. The van der Waals surface area contributed by atoms with E-state index in [4.69, 9.17) is 11.6 Å². The maximum absolute atomic E-state index is 5.86. The summed E-state index contributed by atoms with van der Waals surface area (Å²) in [5, 5.41) is 4.57. The highest BCUT2D eigenvalue weighted by molar-refractivity contribution is 14.1. The molecule has 2 aromatic rings. The lowest BCUT2D eigenvalue weighted by molar-refractivity contribution is 0.934. The Morgan fingerprint density at radius 2 is 2.36 bits per heavy atom. The molecule has 2 heterocycles. The van der Waals surface area contributed by atoms with E-state index in [-0.39, 0.29) is 0 Å². The Hall–Kier alpha value is -0.360. The third-order valence-electron chi connectivity index (χ3n) is 1.28. The van der Waals surface area contributed by atoms with Gasteiger partial charge in [0.1, 0.15) is 8.85 Å². The van der Waals surface area contributed by atoms with E-state index in [1.54, 1.807) is 16.8 Å². The van der Waals surface area contributed by atoms with Gasteiger partial charge in [-0.2, -0.15) is 5.10 Å². The van der Waals surface area contributed by atoms with Crippen LogP contribution in [-0.2, 0) is 0 Å². The molecule has 3 nitrogen and oxygen atoms in total. The fourth-order valence-electron chi connectivity index (χ4n) is 0.847. The molecule has 0 aliphatic rings. The first kappa shape index (κ1) is 7.30. The van der Waals surface area contributed by atoms with Gasteiger partial charge in [-0.25, -0.2) is 9.50 Å². The third-order valence-corrected chi connectivity index (χ3v) is 2.11. The Morgan fingerprint density at radius 3 is 3.18 bits per heavy atom. The second-order valence-electron chi connectivity index (χ2n) is 2.00. The van der Waals surface area contributed by atoms with Gasteiger partial charge in [0.2, 0.25) is 0 Å². The van der Waals surface area contributed by atoms with Gasteiger partial charge in [0.15, 0.2) is 5.65 Å². The van der Waals surface area contributed by atoms with Gasteiger partial charge in [-0.05, 0) is 22.6 Å². The molecule has 0 aliphatic carbocycles. The molecule has 2 aromatic heterocycles. The monoisotopic (exact) mass is 279 g/mol. The van der Waals surface area contributed by atoms with Gasteiger partial charge in [0.25, 0.3) is 0 Å². The van der Waals surface area contributed by atoms with Gasteiger partial charge in [0.05, 0.1) is 6.20 Å². The highest BCUT2D eigenvalue weighted by Crippen LogP contribution is 2.12. The lowest BCUT2D eigenvalue weighted by atomic mass is 10.6. The van der Waals surface area contributed by atoms with E-state index in [1.807, 2.05) is 6.07 Å². The van der Waals surface area contributed by atoms with Gasteiger partial charge in [-0.15, -0.1) is 0 Å². The first-order valence-electron chi connectivity index (χ1n) is 2.93. The number of fused-ring (bicyclic) bond motifs is 1. The molecule has 56 valence electrons.